The highest BCUT2D eigenvalue weighted by Crippen LogP contribution is 2.46. The number of pyridine rings is 1. The summed E-state index contributed by atoms with van der Waals surface area (Å²) in [4.78, 5) is 19.3. The number of fused-ring (bicyclic) bond motifs is 2. The first-order valence-electron chi connectivity index (χ1n) is 9.78. The smallest absolute Gasteiger partial charge is 0.258 e. The monoisotopic (exact) mass is 507 g/mol. The van der Waals surface area contributed by atoms with Gasteiger partial charge < -0.3 is 9.42 Å². The molecule has 0 spiro atoms. The van der Waals surface area contributed by atoms with Crippen molar-refractivity contribution in [1.29, 1.82) is 0 Å². The second-order valence-corrected chi connectivity index (χ2v) is 10.7. The molecule has 4 rings (SSSR count). The van der Waals surface area contributed by atoms with Crippen LogP contribution in [0.2, 0.25) is 5.02 Å². The molecule has 2 aromatic carbocycles. The van der Waals surface area contributed by atoms with Crippen LogP contribution >= 0.6 is 20.4 Å². The maximum Gasteiger partial charge on any atom is 0.258 e. The summed E-state index contributed by atoms with van der Waals surface area (Å²) in [6, 6.07) is 8.00. The van der Waals surface area contributed by atoms with E-state index in [1.54, 1.807) is 36.3 Å². The van der Waals surface area contributed by atoms with E-state index < -0.39 is 21.7 Å². The predicted octanol–water partition coefficient (Wildman–Crippen LogP) is 4.69. The van der Waals surface area contributed by atoms with Gasteiger partial charge in [0, 0.05) is 42.8 Å². The van der Waals surface area contributed by atoms with E-state index in [0.29, 0.717) is 22.2 Å². The minimum Gasteiger partial charge on any atom is -0.470 e. The van der Waals surface area contributed by atoms with E-state index in [9.17, 15) is 17.6 Å². The molecule has 3 aromatic rings. The van der Waals surface area contributed by atoms with Crippen LogP contribution < -0.4 is 8.83 Å². The summed E-state index contributed by atoms with van der Waals surface area (Å²) in [5, 5.41) is 0.483. The first-order valence-corrected chi connectivity index (χ1v) is 13.0. The van der Waals surface area contributed by atoms with Crippen molar-refractivity contribution in [2.75, 3.05) is 17.6 Å². The Kier molecular flexibility index (Phi) is 6.31. The van der Waals surface area contributed by atoms with Crippen molar-refractivity contribution in [2.45, 2.75) is 13.1 Å². The first-order chi connectivity index (χ1) is 15.6. The Balaban J connectivity index is 1.94. The van der Waals surface area contributed by atoms with Crippen LogP contribution in [-0.2, 0) is 23.1 Å². The molecule has 1 aromatic heterocycles. The third kappa shape index (κ3) is 4.16. The Bertz CT molecular complexity index is 1400. The maximum atomic E-state index is 14.5. The molecule has 2 heterocycles. The lowest BCUT2D eigenvalue weighted by atomic mass is 10.0. The zero-order valence-corrected chi connectivity index (χ0v) is 20.4. The van der Waals surface area contributed by atoms with Gasteiger partial charge in [0.05, 0.1) is 31.3 Å². The second-order valence-electron chi connectivity index (χ2n) is 7.46. The average Bonchev–Trinajstić information content (AvgIpc) is 3.09. The van der Waals surface area contributed by atoms with Crippen molar-refractivity contribution in [3.8, 4) is 5.75 Å². The number of hydrogen-bond acceptors (Lipinski definition) is 5. The van der Waals surface area contributed by atoms with Crippen LogP contribution in [0.15, 0.2) is 48.9 Å². The highest BCUT2D eigenvalue weighted by Gasteiger charge is 2.38. The van der Waals surface area contributed by atoms with Gasteiger partial charge in [0.15, 0.2) is 5.75 Å². The molecule has 0 aliphatic carbocycles. The van der Waals surface area contributed by atoms with Crippen LogP contribution in [0, 0.1) is 5.82 Å². The number of anilines is 1. The number of halogens is 2. The number of carbonyl (C=O) groups excluding carboxylic acids is 1. The van der Waals surface area contributed by atoms with Crippen molar-refractivity contribution >= 4 is 52.9 Å². The van der Waals surface area contributed by atoms with Crippen LogP contribution in [0.25, 0.3) is 10.9 Å². The molecule has 11 heteroatoms. The van der Waals surface area contributed by atoms with Crippen LogP contribution in [-0.4, -0.2) is 37.5 Å². The van der Waals surface area contributed by atoms with E-state index in [1.807, 2.05) is 0 Å². The number of rotatable bonds is 7. The second kappa shape index (κ2) is 8.89. The summed E-state index contributed by atoms with van der Waals surface area (Å²) < 4.78 is 46.5. The van der Waals surface area contributed by atoms with Gasteiger partial charge in [0.25, 0.3) is 5.91 Å². The highest BCUT2D eigenvalue weighted by atomic mass is 35.5. The Hall–Kier alpha value is -2.74. The summed E-state index contributed by atoms with van der Waals surface area (Å²) in [7, 11) is -2.38. The lowest BCUT2D eigenvalue weighted by Crippen LogP contribution is -2.26. The summed E-state index contributed by atoms with van der Waals surface area (Å²) in [5.41, 5.74) is 1.63. The Labute approximate surface area is 197 Å². The van der Waals surface area contributed by atoms with Gasteiger partial charge in [-0.2, -0.15) is 0 Å². The zero-order valence-electron chi connectivity index (χ0n) is 17.8. The standard InChI is InChI=1S/C22H20ClFN3O4PS/c1-4-32-31-21-17-15(12-27(22(17)28)11-13-7-5-9-16(23)18(13)24)20(26(2)33(3,29)30)14-8-6-10-25-19(14)21/h4-10,32H,1,11-12H2,2-3H3. The number of hydrogen-bond donors (Lipinski definition) is 0. The number of nitrogens with zero attached hydrogens (tertiary/aromatic N) is 3. The molecule has 1 amide bonds. The molecule has 0 bridgehead atoms. The molecule has 1 aliphatic heterocycles. The molecule has 0 radical (unpaired) electrons. The van der Waals surface area contributed by atoms with E-state index in [0.717, 1.165) is 10.6 Å². The molecule has 0 saturated heterocycles. The highest BCUT2D eigenvalue weighted by molar-refractivity contribution is 7.92. The fourth-order valence-electron chi connectivity index (χ4n) is 3.84. The molecule has 33 heavy (non-hydrogen) atoms. The number of carbonyl (C=O) groups is 1. The third-order valence-corrected chi connectivity index (χ3v) is 7.35. The first kappa shape index (κ1) is 23.4. The summed E-state index contributed by atoms with van der Waals surface area (Å²) in [6.45, 7) is 3.68. The van der Waals surface area contributed by atoms with E-state index >= 15 is 0 Å². The van der Waals surface area contributed by atoms with E-state index in [4.69, 9.17) is 16.1 Å². The van der Waals surface area contributed by atoms with Gasteiger partial charge >= 0.3 is 0 Å². The SMILES string of the molecule is C=CPOc1c2c(c(N(C)S(C)(=O)=O)c3cccnc13)CN(Cc1cccc(Cl)c1F)C2=O. The number of benzene rings is 2. The zero-order chi connectivity index (χ0) is 23.9. The molecular weight excluding hydrogens is 488 g/mol. The number of amides is 1. The molecule has 1 aliphatic rings. The van der Waals surface area contributed by atoms with Gasteiger partial charge in [-0.05, 0) is 24.0 Å². The molecule has 0 N–H and O–H groups in total. The van der Waals surface area contributed by atoms with E-state index in [1.165, 1.54) is 18.0 Å². The van der Waals surface area contributed by atoms with Gasteiger partial charge in [-0.25, -0.2) is 12.8 Å². The minimum atomic E-state index is -3.66. The van der Waals surface area contributed by atoms with E-state index in [-0.39, 0.29) is 43.8 Å². The van der Waals surface area contributed by atoms with Gasteiger partial charge in [-0.15, -0.1) is 0 Å². The predicted molar refractivity (Wildman–Crippen MR) is 129 cm³/mol. The molecular formula is C22H20ClFN3O4PS. The molecule has 1 unspecified atom stereocenters. The molecule has 0 saturated carbocycles. The normalized spacial score (nSPS) is 13.7. The molecule has 1 atom stereocenters. The largest absolute Gasteiger partial charge is 0.470 e. The van der Waals surface area contributed by atoms with Crippen molar-refractivity contribution in [2.24, 2.45) is 0 Å². The molecule has 172 valence electrons. The third-order valence-electron chi connectivity index (χ3n) is 5.39. The van der Waals surface area contributed by atoms with Gasteiger partial charge in [0.1, 0.15) is 11.3 Å². The van der Waals surface area contributed by atoms with Crippen molar-refractivity contribution in [3.63, 3.8) is 0 Å². The van der Waals surface area contributed by atoms with E-state index in [2.05, 4.69) is 11.6 Å². The van der Waals surface area contributed by atoms with Crippen LogP contribution in [0.3, 0.4) is 0 Å². The van der Waals surface area contributed by atoms with Crippen molar-refractivity contribution in [3.05, 3.63) is 76.5 Å². The Morgan fingerprint density at radius 1 is 1.36 bits per heavy atom. The Morgan fingerprint density at radius 3 is 2.82 bits per heavy atom. The van der Waals surface area contributed by atoms with Crippen LogP contribution in [0.4, 0.5) is 10.1 Å². The Morgan fingerprint density at radius 2 is 2.12 bits per heavy atom. The topological polar surface area (TPSA) is 79.8 Å². The molecule has 0 fully saturated rings. The fraction of sp³-hybridized carbons (Fsp3) is 0.182. The fourth-order valence-corrected chi connectivity index (χ4v) is 4.98. The van der Waals surface area contributed by atoms with Gasteiger partial charge in [-0.3, -0.25) is 14.1 Å². The number of sulfonamides is 1. The van der Waals surface area contributed by atoms with Gasteiger partial charge in [-0.1, -0.05) is 30.3 Å². The minimum absolute atomic E-state index is 0.0414. The molecule has 7 nitrogen and oxygen atoms in total. The average molecular weight is 508 g/mol. The van der Waals surface area contributed by atoms with Crippen molar-refractivity contribution in [1.82, 2.24) is 9.88 Å². The van der Waals surface area contributed by atoms with Crippen molar-refractivity contribution < 1.29 is 22.1 Å². The summed E-state index contributed by atoms with van der Waals surface area (Å²) in [5.74, 6) is 0.802. The van der Waals surface area contributed by atoms with Crippen LogP contribution in [0.5, 0.6) is 5.75 Å². The maximum absolute atomic E-state index is 14.5. The lowest BCUT2D eigenvalue weighted by Gasteiger charge is -2.23. The number of aromatic nitrogens is 1. The lowest BCUT2D eigenvalue weighted by molar-refractivity contribution is 0.0764. The summed E-state index contributed by atoms with van der Waals surface area (Å²) in [6.07, 6.45) is 2.63. The quantitative estimate of drug-likeness (QED) is 0.433. The van der Waals surface area contributed by atoms with Crippen LogP contribution in [0.1, 0.15) is 21.5 Å². The van der Waals surface area contributed by atoms with Gasteiger partial charge in [0.2, 0.25) is 10.0 Å². The summed E-state index contributed by atoms with van der Waals surface area (Å²) >= 11 is 5.91.